The molecule has 1 aliphatic rings. The van der Waals surface area contributed by atoms with E-state index in [4.69, 9.17) is 10.5 Å². The zero-order valence-electron chi connectivity index (χ0n) is 11.7. The molecule has 1 saturated heterocycles. The molecule has 2 atom stereocenters. The molecule has 21 heavy (non-hydrogen) atoms. The molecule has 0 spiro atoms. The Bertz CT molecular complexity index is 504. The fourth-order valence-corrected chi connectivity index (χ4v) is 2.29. The fourth-order valence-electron chi connectivity index (χ4n) is 2.29. The molecule has 1 aliphatic heterocycles. The monoisotopic (exact) mass is 294 g/mol. The summed E-state index contributed by atoms with van der Waals surface area (Å²) in [6.07, 6.45) is 1.51. The van der Waals surface area contributed by atoms with Crippen LogP contribution < -0.4 is 11.1 Å². The van der Waals surface area contributed by atoms with Gasteiger partial charge in [0.2, 0.25) is 11.8 Å². The molecule has 2 rings (SSSR count). The van der Waals surface area contributed by atoms with Crippen molar-refractivity contribution < 1.29 is 18.7 Å². The van der Waals surface area contributed by atoms with Crippen molar-refractivity contribution in [2.75, 3.05) is 6.54 Å². The maximum absolute atomic E-state index is 12.7. The molecule has 0 aliphatic carbocycles. The van der Waals surface area contributed by atoms with Crippen LogP contribution in [-0.4, -0.2) is 30.6 Å². The maximum Gasteiger partial charge on any atom is 0.246 e. The number of aryl methyl sites for hydroxylation is 1. The van der Waals surface area contributed by atoms with Crippen LogP contribution in [0.15, 0.2) is 24.3 Å². The highest BCUT2D eigenvalue weighted by Crippen LogP contribution is 2.18. The van der Waals surface area contributed by atoms with Crippen LogP contribution in [0.3, 0.4) is 0 Å². The van der Waals surface area contributed by atoms with Crippen molar-refractivity contribution in [3.63, 3.8) is 0 Å². The van der Waals surface area contributed by atoms with E-state index in [-0.39, 0.29) is 17.8 Å². The average molecular weight is 294 g/mol. The van der Waals surface area contributed by atoms with E-state index in [2.05, 4.69) is 5.32 Å². The maximum atomic E-state index is 12.7. The molecule has 114 valence electrons. The second kappa shape index (κ2) is 7.17. The molecule has 1 aromatic carbocycles. The molecule has 0 radical (unpaired) electrons. The number of benzene rings is 1. The third kappa shape index (κ3) is 4.82. The topological polar surface area (TPSA) is 81.4 Å². The Morgan fingerprint density at radius 3 is 2.62 bits per heavy atom. The van der Waals surface area contributed by atoms with Crippen LogP contribution in [0.5, 0.6) is 0 Å². The molecule has 3 N–H and O–H groups in total. The van der Waals surface area contributed by atoms with Crippen LogP contribution in [0.25, 0.3) is 0 Å². The summed E-state index contributed by atoms with van der Waals surface area (Å²) in [5.74, 6) is -0.837. The van der Waals surface area contributed by atoms with Gasteiger partial charge in [-0.3, -0.25) is 9.59 Å². The quantitative estimate of drug-likeness (QED) is 0.818. The molecule has 1 heterocycles. The number of carbonyl (C=O) groups is 2. The van der Waals surface area contributed by atoms with Crippen molar-refractivity contribution in [2.24, 2.45) is 5.73 Å². The van der Waals surface area contributed by atoms with E-state index in [0.29, 0.717) is 32.2 Å². The largest absolute Gasteiger partial charge is 0.367 e. The third-order valence-corrected chi connectivity index (χ3v) is 3.51. The first kappa shape index (κ1) is 15.4. The predicted molar refractivity (Wildman–Crippen MR) is 74.8 cm³/mol. The lowest BCUT2D eigenvalue weighted by molar-refractivity contribution is -0.128. The number of rotatable bonds is 6. The molecule has 0 saturated carbocycles. The van der Waals surface area contributed by atoms with Crippen molar-refractivity contribution >= 4 is 11.8 Å². The van der Waals surface area contributed by atoms with Crippen LogP contribution in [0, 0.1) is 5.82 Å². The summed E-state index contributed by atoms with van der Waals surface area (Å²) in [4.78, 5) is 22.7. The van der Waals surface area contributed by atoms with E-state index in [9.17, 15) is 14.0 Å². The number of ether oxygens (including phenoxy) is 1. The number of nitrogens with one attached hydrogen (secondary N) is 1. The number of carbonyl (C=O) groups excluding carboxylic acids is 2. The van der Waals surface area contributed by atoms with Gasteiger partial charge in [-0.2, -0.15) is 0 Å². The van der Waals surface area contributed by atoms with E-state index in [1.165, 1.54) is 12.1 Å². The summed E-state index contributed by atoms with van der Waals surface area (Å²) in [7, 11) is 0. The minimum atomic E-state index is -0.536. The highest BCUT2D eigenvalue weighted by molar-refractivity contribution is 5.79. The predicted octanol–water partition coefficient (Wildman–Crippen LogP) is 0.907. The molecular weight excluding hydrogens is 275 g/mol. The van der Waals surface area contributed by atoms with Crippen molar-refractivity contribution in [3.05, 3.63) is 35.6 Å². The molecule has 2 amide bonds. The molecule has 5 nitrogen and oxygen atoms in total. The molecule has 0 unspecified atom stereocenters. The second-order valence-corrected chi connectivity index (χ2v) is 5.16. The van der Waals surface area contributed by atoms with Gasteiger partial charge in [-0.25, -0.2) is 4.39 Å². The van der Waals surface area contributed by atoms with Crippen molar-refractivity contribution in [1.29, 1.82) is 0 Å². The number of nitrogens with two attached hydrogens (primary N) is 1. The molecule has 0 aromatic heterocycles. The van der Waals surface area contributed by atoms with Gasteiger partial charge in [0.15, 0.2) is 0 Å². The Kier molecular flexibility index (Phi) is 5.27. The standard InChI is InChI=1S/C15H19FN2O3/c16-11-4-1-10(2-5-11)3-8-14(19)18-9-12-6-7-13(21-12)15(17)20/h1-2,4-5,12-13H,3,6-9H2,(H2,17,20)(H,18,19)/t12-,13-/m1/s1. The van der Waals surface area contributed by atoms with Crippen molar-refractivity contribution in [3.8, 4) is 0 Å². The van der Waals surface area contributed by atoms with Gasteiger partial charge in [0.05, 0.1) is 6.10 Å². The summed E-state index contributed by atoms with van der Waals surface area (Å²) >= 11 is 0. The zero-order chi connectivity index (χ0) is 15.2. The van der Waals surface area contributed by atoms with E-state index in [1.807, 2.05) is 0 Å². The van der Waals surface area contributed by atoms with Gasteiger partial charge in [0.1, 0.15) is 11.9 Å². The molecule has 6 heteroatoms. The Morgan fingerprint density at radius 1 is 1.29 bits per heavy atom. The summed E-state index contributed by atoms with van der Waals surface area (Å²) < 4.78 is 18.2. The first-order valence-electron chi connectivity index (χ1n) is 7.00. The minimum Gasteiger partial charge on any atom is -0.367 e. The van der Waals surface area contributed by atoms with Gasteiger partial charge in [-0.05, 0) is 37.0 Å². The van der Waals surface area contributed by atoms with Crippen LogP contribution in [0.1, 0.15) is 24.8 Å². The Morgan fingerprint density at radius 2 is 2.00 bits per heavy atom. The van der Waals surface area contributed by atoms with E-state index < -0.39 is 12.0 Å². The minimum absolute atomic E-state index is 0.0922. The number of hydrogen-bond donors (Lipinski definition) is 2. The molecule has 1 aromatic rings. The number of halogens is 1. The smallest absolute Gasteiger partial charge is 0.246 e. The zero-order valence-corrected chi connectivity index (χ0v) is 11.7. The normalized spacial score (nSPS) is 21.2. The summed E-state index contributed by atoms with van der Waals surface area (Å²) in [6.45, 7) is 0.381. The number of hydrogen-bond acceptors (Lipinski definition) is 3. The average Bonchev–Trinajstić information content (AvgIpc) is 2.93. The highest BCUT2D eigenvalue weighted by Gasteiger charge is 2.29. The van der Waals surface area contributed by atoms with Crippen molar-refractivity contribution in [2.45, 2.75) is 37.9 Å². The fraction of sp³-hybridized carbons (Fsp3) is 0.467. The number of primary amides is 1. The van der Waals surface area contributed by atoms with Crippen LogP contribution in [-0.2, 0) is 20.7 Å². The summed E-state index contributed by atoms with van der Waals surface area (Å²) in [6, 6.07) is 6.09. The first-order valence-corrected chi connectivity index (χ1v) is 7.00. The van der Waals surface area contributed by atoms with Crippen LogP contribution >= 0.6 is 0 Å². The lowest BCUT2D eigenvalue weighted by Crippen LogP contribution is -2.34. The van der Waals surface area contributed by atoms with Gasteiger partial charge in [0.25, 0.3) is 0 Å². The van der Waals surface area contributed by atoms with E-state index in [0.717, 1.165) is 5.56 Å². The van der Waals surface area contributed by atoms with Gasteiger partial charge in [-0.15, -0.1) is 0 Å². The van der Waals surface area contributed by atoms with Crippen LogP contribution in [0.4, 0.5) is 4.39 Å². The lowest BCUT2D eigenvalue weighted by Gasteiger charge is -2.12. The highest BCUT2D eigenvalue weighted by atomic mass is 19.1. The van der Waals surface area contributed by atoms with E-state index >= 15 is 0 Å². The molecule has 0 bridgehead atoms. The van der Waals surface area contributed by atoms with Gasteiger partial charge in [-0.1, -0.05) is 12.1 Å². The third-order valence-electron chi connectivity index (χ3n) is 3.51. The lowest BCUT2D eigenvalue weighted by atomic mass is 10.1. The van der Waals surface area contributed by atoms with Gasteiger partial charge in [0, 0.05) is 13.0 Å². The first-order chi connectivity index (χ1) is 10.0. The van der Waals surface area contributed by atoms with Crippen LogP contribution in [0.2, 0.25) is 0 Å². The summed E-state index contributed by atoms with van der Waals surface area (Å²) in [5, 5.41) is 2.78. The molecule has 1 fully saturated rings. The Hall–Kier alpha value is -1.95. The Balaban J connectivity index is 1.66. The molecular formula is C15H19FN2O3. The number of amides is 2. The van der Waals surface area contributed by atoms with Gasteiger partial charge < -0.3 is 15.8 Å². The van der Waals surface area contributed by atoms with Gasteiger partial charge >= 0.3 is 0 Å². The van der Waals surface area contributed by atoms with E-state index in [1.54, 1.807) is 12.1 Å². The Labute approximate surface area is 122 Å². The van der Waals surface area contributed by atoms with Crippen molar-refractivity contribution in [1.82, 2.24) is 5.32 Å². The second-order valence-electron chi connectivity index (χ2n) is 5.16. The summed E-state index contributed by atoms with van der Waals surface area (Å²) in [5.41, 5.74) is 6.07. The SMILES string of the molecule is NC(=O)[C@H]1CC[C@H](CNC(=O)CCc2ccc(F)cc2)O1.